The average Bonchev–Trinajstić information content (AvgIpc) is 2.92. The SMILES string of the molecule is CCNCCCNCc1ccc(-c2ccccc2Cl)o1. The van der Waals surface area contributed by atoms with Gasteiger partial charge in [-0.1, -0.05) is 30.7 Å². The van der Waals surface area contributed by atoms with Crippen LogP contribution in [0.15, 0.2) is 40.8 Å². The lowest BCUT2D eigenvalue weighted by molar-refractivity contribution is 0.488. The third kappa shape index (κ3) is 4.37. The van der Waals surface area contributed by atoms with Gasteiger partial charge >= 0.3 is 0 Å². The minimum Gasteiger partial charge on any atom is -0.460 e. The molecule has 0 radical (unpaired) electrons. The number of furan rings is 1. The summed E-state index contributed by atoms with van der Waals surface area (Å²) in [5.41, 5.74) is 0.938. The van der Waals surface area contributed by atoms with E-state index in [0.29, 0.717) is 5.02 Å². The summed E-state index contributed by atoms with van der Waals surface area (Å²) in [6.07, 6.45) is 1.12. The third-order valence-corrected chi connectivity index (χ3v) is 3.39. The van der Waals surface area contributed by atoms with E-state index in [4.69, 9.17) is 16.0 Å². The van der Waals surface area contributed by atoms with Gasteiger partial charge in [0.25, 0.3) is 0 Å². The van der Waals surface area contributed by atoms with E-state index in [-0.39, 0.29) is 0 Å². The Bertz CT molecular complexity index is 525. The van der Waals surface area contributed by atoms with Gasteiger partial charge in [0.1, 0.15) is 11.5 Å². The molecule has 0 saturated carbocycles. The molecule has 20 heavy (non-hydrogen) atoms. The second-order valence-corrected chi connectivity index (χ2v) is 5.04. The number of halogens is 1. The topological polar surface area (TPSA) is 37.2 Å². The molecule has 108 valence electrons. The van der Waals surface area contributed by atoms with Crippen LogP contribution in [0.1, 0.15) is 19.1 Å². The first-order valence-electron chi connectivity index (χ1n) is 7.06. The Morgan fingerprint density at radius 1 is 1.05 bits per heavy atom. The summed E-state index contributed by atoms with van der Waals surface area (Å²) in [7, 11) is 0. The van der Waals surface area contributed by atoms with Crippen LogP contribution in [-0.4, -0.2) is 19.6 Å². The van der Waals surface area contributed by atoms with Gasteiger partial charge in [0.15, 0.2) is 0 Å². The van der Waals surface area contributed by atoms with Gasteiger partial charge in [-0.3, -0.25) is 0 Å². The standard InChI is InChI=1S/C16H21ClN2O/c1-2-18-10-5-11-19-12-13-8-9-16(20-13)14-6-3-4-7-15(14)17/h3-4,6-9,18-19H,2,5,10-12H2,1H3. The van der Waals surface area contributed by atoms with Crippen molar-refractivity contribution in [2.45, 2.75) is 19.9 Å². The summed E-state index contributed by atoms with van der Waals surface area (Å²) in [5.74, 6) is 1.75. The molecule has 0 aliphatic heterocycles. The Morgan fingerprint density at radius 3 is 2.65 bits per heavy atom. The van der Waals surface area contributed by atoms with E-state index in [9.17, 15) is 0 Å². The fourth-order valence-corrected chi connectivity index (χ4v) is 2.23. The first kappa shape index (κ1) is 15.1. The Labute approximate surface area is 125 Å². The van der Waals surface area contributed by atoms with Gasteiger partial charge in [-0.05, 0) is 50.3 Å². The predicted octanol–water partition coefficient (Wildman–Crippen LogP) is 3.69. The highest BCUT2D eigenvalue weighted by atomic mass is 35.5. The van der Waals surface area contributed by atoms with Crippen LogP contribution in [0.4, 0.5) is 0 Å². The molecule has 0 unspecified atom stereocenters. The van der Waals surface area contributed by atoms with Crippen LogP contribution < -0.4 is 10.6 Å². The lowest BCUT2D eigenvalue weighted by atomic mass is 10.2. The van der Waals surface area contributed by atoms with Gasteiger partial charge in [-0.15, -0.1) is 0 Å². The van der Waals surface area contributed by atoms with E-state index in [2.05, 4.69) is 17.6 Å². The molecule has 0 aliphatic rings. The lowest BCUT2D eigenvalue weighted by Crippen LogP contribution is -2.21. The van der Waals surface area contributed by atoms with E-state index >= 15 is 0 Å². The van der Waals surface area contributed by atoms with Gasteiger partial charge in [0, 0.05) is 5.56 Å². The van der Waals surface area contributed by atoms with Gasteiger partial charge in [-0.2, -0.15) is 0 Å². The van der Waals surface area contributed by atoms with Crippen molar-refractivity contribution >= 4 is 11.6 Å². The molecule has 3 nitrogen and oxygen atoms in total. The Hall–Kier alpha value is -1.29. The van der Waals surface area contributed by atoms with Crippen LogP contribution >= 0.6 is 11.6 Å². The van der Waals surface area contributed by atoms with Crippen LogP contribution in [0.2, 0.25) is 5.02 Å². The average molecular weight is 293 g/mol. The lowest BCUT2D eigenvalue weighted by Gasteiger charge is -2.03. The molecule has 1 aromatic carbocycles. The second-order valence-electron chi connectivity index (χ2n) is 4.63. The van der Waals surface area contributed by atoms with Crippen molar-refractivity contribution in [1.82, 2.24) is 10.6 Å². The molecule has 0 bridgehead atoms. The summed E-state index contributed by atoms with van der Waals surface area (Å²) in [6, 6.07) is 11.7. The maximum atomic E-state index is 6.16. The maximum absolute atomic E-state index is 6.16. The molecule has 0 amide bonds. The summed E-state index contributed by atoms with van der Waals surface area (Å²) in [6.45, 7) is 5.92. The molecule has 0 fully saturated rings. The molecule has 0 aliphatic carbocycles. The van der Waals surface area contributed by atoms with Gasteiger partial charge in [0.05, 0.1) is 11.6 Å². The van der Waals surface area contributed by atoms with E-state index < -0.39 is 0 Å². The summed E-state index contributed by atoms with van der Waals surface area (Å²) in [4.78, 5) is 0. The van der Waals surface area contributed by atoms with Crippen molar-refractivity contribution < 1.29 is 4.42 Å². The number of hydrogen-bond donors (Lipinski definition) is 2. The predicted molar refractivity (Wildman–Crippen MR) is 84.0 cm³/mol. The zero-order chi connectivity index (χ0) is 14.2. The minimum absolute atomic E-state index is 0.715. The van der Waals surface area contributed by atoms with Crippen LogP contribution in [0.3, 0.4) is 0 Å². The first-order chi connectivity index (χ1) is 9.81. The minimum atomic E-state index is 0.715. The van der Waals surface area contributed by atoms with E-state index in [1.807, 2.05) is 36.4 Å². The molecule has 1 heterocycles. The highest BCUT2D eigenvalue weighted by Crippen LogP contribution is 2.28. The maximum Gasteiger partial charge on any atom is 0.135 e. The van der Waals surface area contributed by atoms with Crippen LogP contribution in [0.5, 0.6) is 0 Å². The normalized spacial score (nSPS) is 10.9. The number of rotatable bonds is 8. The van der Waals surface area contributed by atoms with E-state index in [0.717, 1.165) is 49.7 Å². The summed E-state index contributed by atoms with van der Waals surface area (Å²) in [5, 5.41) is 7.39. The quantitative estimate of drug-likeness (QED) is 0.729. The fraction of sp³-hybridized carbons (Fsp3) is 0.375. The zero-order valence-electron chi connectivity index (χ0n) is 11.8. The smallest absolute Gasteiger partial charge is 0.135 e. The molecule has 0 saturated heterocycles. The largest absolute Gasteiger partial charge is 0.460 e. The van der Waals surface area contributed by atoms with Crippen LogP contribution in [0.25, 0.3) is 11.3 Å². The highest BCUT2D eigenvalue weighted by Gasteiger charge is 2.07. The second kappa shape index (κ2) is 8.10. The van der Waals surface area contributed by atoms with Crippen molar-refractivity contribution in [3.8, 4) is 11.3 Å². The molecule has 2 N–H and O–H groups in total. The molecule has 0 spiro atoms. The Morgan fingerprint density at radius 2 is 1.85 bits per heavy atom. The van der Waals surface area contributed by atoms with Gasteiger partial charge in [-0.25, -0.2) is 0 Å². The van der Waals surface area contributed by atoms with Crippen molar-refractivity contribution in [3.05, 3.63) is 47.2 Å². The van der Waals surface area contributed by atoms with Crippen LogP contribution in [-0.2, 0) is 6.54 Å². The number of benzene rings is 1. The molecule has 2 rings (SSSR count). The Kier molecular flexibility index (Phi) is 6.12. The molecular formula is C16H21ClN2O. The highest BCUT2D eigenvalue weighted by molar-refractivity contribution is 6.33. The third-order valence-electron chi connectivity index (χ3n) is 3.06. The van der Waals surface area contributed by atoms with Crippen molar-refractivity contribution in [3.63, 3.8) is 0 Å². The fourth-order valence-electron chi connectivity index (χ4n) is 2.01. The zero-order valence-corrected chi connectivity index (χ0v) is 12.5. The molecule has 0 atom stereocenters. The molecular weight excluding hydrogens is 272 g/mol. The van der Waals surface area contributed by atoms with E-state index in [1.165, 1.54) is 0 Å². The summed E-state index contributed by atoms with van der Waals surface area (Å²) < 4.78 is 5.82. The van der Waals surface area contributed by atoms with Crippen molar-refractivity contribution in [2.24, 2.45) is 0 Å². The van der Waals surface area contributed by atoms with Crippen molar-refractivity contribution in [2.75, 3.05) is 19.6 Å². The van der Waals surface area contributed by atoms with Gasteiger partial charge < -0.3 is 15.1 Å². The number of nitrogens with one attached hydrogen (secondary N) is 2. The molecule has 2 aromatic rings. The first-order valence-corrected chi connectivity index (χ1v) is 7.44. The molecule has 1 aromatic heterocycles. The monoisotopic (exact) mass is 292 g/mol. The number of hydrogen-bond acceptors (Lipinski definition) is 3. The Balaban J connectivity index is 1.82. The van der Waals surface area contributed by atoms with Gasteiger partial charge in [0.2, 0.25) is 0 Å². The van der Waals surface area contributed by atoms with Crippen LogP contribution in [0, 0.1) is 0 Å². The van der Waals surface area contributed by atoms with Crippen molar-refractivity contribution in [1.29, 1.82) is 0 Å². The molecule has 4 heteroatoms. The summed E-state index contributed by atoms with van der Waals surface area (Å²) >= 11 is 6.16. The van der Waals surface area contributed by atoms with E-state index in [1.54, 1.807) is 0 Å².